The first-order valence-corrected chi connectivity index (χ1v) is 10.6. The predicted octanol–water partition coefficient (Wildman–Crippen LogP) is 4.63. The van der Waals surface area contributed by atoms with Gasteiger partial charge in [0.2, 0.25) is 0 Å². The van der Waals surface area contributed by atoms with Gasteiger partial charge in [0.1, 0.15) is 5.75 Å². The van der Waals surface area contributed by atoms with Crippen molar-refractivity contribution in [2.24, 2.45) is 11.8 Å². The van der Waals surface area contributed by atoms with Gasteiger partial charge >= 0.3 is 5.97 Å². The molecule has 0 aromatic heterocycles. The van der Waals surface area contributed by atoms with Crippen LogP contribution in [-0.2, 0) is 9.59 Å². The summed E-state index contributed by atoms with van der Waals surface area (Å²) in [6, 6.07) is 17.1. The maximum absolute atomic E-state index is 13.1. The maximum atomic E-state index is 13.1. The Kier molecular flexibility index (Phi) is 7.66. The molecule has 1 amide bonds. The summed E-state index contributed by atoms with van der Waals surface area (Å²) >= 11 is 0. The summed E-state index contributed by atoms with van der Waals surface area (Å²) in [5.74, 6) is -0.568. The lowest BCUT2D eigenvalue weighted by molar-refractivity contribution is -0.145. The van der Waals surface area contributed by atoms with E-state index < -0.39 is 5.97 Å². The van der Waals surface area contributed by atoms with Gasteiger partial charge in [-0.15, -0.1) is 0 Å². The van der Waals surface area contributed by atoms with Gasteiger partial charge in [0.25, 0.3) is 5.91 Å². The van der Waals surface area contributed by atoms with Gasteiger partial charge in [0, 0.05) is 12.1 Å². The van der Waals surface area contributed by atoms with E-state index in [1.807, 2.05) is 67.6 Å². The highest BCUT2D eigenvalue weighted by Crippen LogP contribution is 2.30. The molecule has 1 aliphatic rings. The molecule has 5 nitrogen and oxygen atoms in total. The first-order valence-electron chi connectivity index (χ1n) is 10.6. The summed E-state index contributed by atoms with van der Waals surface area (Å²) in [6.45, 7) is 2.92. The highest BCUT2D eigenvalue weighted by Gasteiger charge is 2.31. The third-order valence-corrected chi connectivity index (χ3v) is 5.58. The molecule has 1 aliphatic carbocycles. The van der Waals surface area contributed by atoms with Gasteiger partial charge in [-0.2, -0.15) is 0 Å². The van der Waals surface area contributed by atoms with Crippen LogP contribution in [-0.4, -0.2) is 30.1 Å². The normalized spacial score (nSPS) is 19.2. The molecule has 1 saturated carbocycles. The predicted molar refractivity (Wildman–Crippen MR) is 118 cm³/mol. The first-order chi connectivity index (χ1) is 14.6. The van der Waals surface area contributed by atoms with Crippen LogP contribution in [0.5, 0.6) is 5.75 Å². The van der Waals surface area contributed by atoms with Crippen molar-refractivity contribution in [3.8, 4) is 5.75 Å². The molecule has 0 spiro atoms. The summed E-state index contributed by atoms with van der Waals surface area (Å²) in [4.78, 5) is 24.6. The number of carboxylic acid groups (broad SMARTS) is 1. The number of hydrogen-bond donors (Lipinski definition) is 2. The average molecular weight is 408 g/mol. The zero-order valence-corrected chi connectivity index (χ0v) is 17.3. The molecule has 30 heavy (non-hydrogen) atoms. The zero-order valence-electron chi connectivity index (χ0n) is 17.3. The second-order valence-electron chi connectivity index (χ2n) is 7.63. The Labute approximate surface area is 177 Å². The van der Waals surface area contributed by atoms with Crippen LogP contribution in [0.15, 0.2) is 54.6 Å². The van der Waals surface area contributed by atoms with Crippen LogP contribution in [0.4, 0.5) is 0 Å². The lowest BCUT2D eigenvalue weighted by Gasteiger charge is -2.28. The number of amides is 1. The lowest BCUT2D eigenvalue weighted by Crippen LogP contribution is -2.37. The van der Waals surface area contributed by atoms with E-state index in [-0.39, 0.29) is 17.7 Å². The molecular weight excluding hydrogens is 378 g/mol. The van der Waals surface area contributed by atoms with Gasteiger partial charge in [0.15, 0.2) is 0 Å². The first kappa shape index (κ1) is 21.6. The van der Waals surface area contributed by atoms with Crippen molar-refractivity contribution in [3.63, 3.8) is 0 Å². The number of hydrogen-bond acceptors (Lipinski definition) is 3. The van der Waals surface area contributed by atoms with E-state index in [9.17, 15) is 14.7 Å². The minimum atomic E-state index is -0.762. The van der Waals surface area contributed by atoms with Crippen molar-refractivity contribution in [3.05, 3.63) is 65.7 Å². The minimum absolute atomic E-state index is 0.0253. The number of rotatable bonds is 8. The molecule has 3 rings (SSSR count). The van der Waals surface area contributed by atoms with E-state index in [0.29, 0.717) is 25.1 Å². The van der Waals surface area contributed by atoms with Crippen LogP contribution in [0.1, 0.15) is 43.7 Å². The Hall–Kier alpha value is -3.08. The molecular formula is C25H29NO4. The summed E-state index contributed by atoms with van der Waals surface area (Å²) in [5.41, 5.74) is 2.28. The molecule has 5 heteroatoms. The Bertz CT molecular complexity index is 874. The van der Waals surface area contributed by atoms with Crippen LogP contribution >= 0.6 is 0 Å². The fraction of sp³-hybridized carbons (Fsp3) is 0.360. The fourth-order valence-electron chi connectivity index (χ4n) is 3.99. The Morgan fingerprint density at radius 2 is 1.77 bits per heavy atom. The quantitative estimate of drug-likeness (QED) is 0.494. The third kappa shape index (κ3) is 5.72. The van der Waals surface area contributed by atoms with Gasteiger partial charge in [-0.3, -0.25) is 9.59 Å². The molecule has 0 radical (unpaired) electrons. The van der Waals surface area contributed by atoms with E-state index >= 15 is 0 Å². The number of carboxylic acids is 1. The molecule has 0 aliphatic heterocycles. The summed E-state index contributed by atoms with van der Waals surface area (Å²) in [5, 5.41) is 12.5. The molecule has 2 aromatic carbocycles. The minimum Gasteiger partial charge on any atom is -0.494 e. The van der Waals surface area contributed by atoms with Crippen LogP contribution in [0.3, 0.4) is 0 Å². The van der Waals surface area contributed by atoms with Crippen LogP contribution in [0.25, 0.3) is 11.6 Å². The highest BCUT2D eigenvalue weighted by molar-refractivity contribution is 6.24. The highest BCUT2D eigenvalue weighted by atomic mass is 16.5. The van der Waals surface area contributed by atoms with E-state index in [2.05, 4.69) is 5.32 Å². The topological polar surface area (TPSA) is 75.6 Å². The van der Waals surface area contributed by atoms with Crippen molar-refractivity contribution >= 4 is 23.5 Å². The van der Waals surface area contributed by atoms with E-state index in [4.69, 9.17) is 4.74 Å². The molecule has 2 aromatic rings. The molecule has 0 unspecified atom stereocenters. The van der Waals surface area contributed by atoms with Crippen molar-refractivity contribution in [2.75, 3.05) is 13.2 Å². The molecule has 0 heterocycles. The standard InChI is InChI=1S/C25H29NO4/c1-2-30-21-14-12-18(13-15-21)16-23(19-8-4-3-5-9-19)24(27)26-17-20-10-6-7-11-22(20)25(28)29/h3-5,8-9,12-16,20,22H,2,6-7,10-11,17H2,1H3,(H,26,27)(H,28,29)/b23-16+/t20-,22-/m0/s1. The Morgan fingerprint density at radius 1 is 1.07 bits per heavy atom. The van der Waals surface area contributed by atoms with Gasteiger partial charge in [0.05, 0.1) is 12.5 Å². The zero-order chi connectivity index (χ0) is 21.3. The SMILES string of the molecule is CCOc1ccc(/C=C(/C(=O)NC[C@@H]2CCCC[C@@H]2C(=O)O)c2ccccc2)cc1. The van der Waals surface area contributed by atoms with Gasteiger partial charge in [-0.25, -0.2) is 0 Å². The Balaban J connectivity index is 1.78. The number of nitrogens with one attached hydrogen (secondary N) is 1. The lowest BCUT2D eigenvalue weighted by atomic mass is 9.79. The molecule has 2 atom stereocenters. The second kappa shape index (κ2) is 10.6. The number of carbonyl (C=O) groups is 2. The summed E-state index contributed by atoms with van der Waals surface area (Å²) < 4.78 is 5.49. The van der Waals surface area contributed by atoms with Crippen molar-refractivity contribution in [1.82, 2.24) is 5.32 Å². The maximum Gasteiger partial charge on any atom is 0.306 e. The monoisotopic (exact) mass is 407 g/mol. The Morgan fingerprint density at radius 3 is 2.43 bits per heavy atom. The van der Waals surface area contributed by atoms with Crippen molar-refractivity contribution in [2.45, 2.75) is 32.6 Å². The van der Waals surface area contributed by atoms with Gasteiger partial charge < -0.3 is 15.2 Å². The fourth-order valence-corrected chi connectivity index (χ4v) is 3.99. The number of ether oxygens (including phenoxy) is 1. The van der Waals surface area contributed by atoms with Gasteiger partial charge in [-0.05, 0) is 55.0 Å². The molecule has 0 bridgehead atoms. The van der Waals surface area contributed by atoms with Crippen LogP contribution in [0, 0.1) is 11.8 Å². The average Bonchev–Trinajstić information content (AvgIpc) is 2.78. The van der Waals surface area contributed by atoms with Crippen LogP contribution < -0.4 is 10.1 Å². The molecule has 0 saturated heterocycles. The van der Waals surface area contributed by atoms with Crippen LogP contribution in [0.2, 0.25) is 0 Å². The third-order valence-electron chi connectivity index (χ3n) is 5.58. The molecule has 2 N–H and O–H groups in total. The largest absolute Gasteiger partial charge is 0.494 e. The summed E-state index contributed by atoms with van der Waals surface area (Å²) in [7, 11) is 0. The van der Waals surface area contributed by atoms with Crippen molar-refractivity contribution < 1.29 is 19.4 Å². The van der Waals surface area contributed by atoms with Gasteiger partial charge in [-0.1, -0.05) is 55.3 Å². The van der Waals surface area contributed by atoms with Crippen molar-refractivity contribution in [1.29, 1.82) is 0 Å². The molecule has 158 valence electrons. The van der Waals surface area contributed by atoms with E-state index in [1.54, 1.807) is 0 Å². The smallest absolute Gasteiger partial charge is 0.306 e. The molecule has 1 fully saturated rings. The second-order valence-corrected chi connectivity index (χ2v) is 7.63. The van der Waals surface area contributed by atoms with E-state index in [0.717, 1.165) is 36.1 Å². The number of aliphatic carboxylic acids is 1. The number of benzene rings is 2. The number of carbonyl (C=O) groups excluding carboxylic acids is 1. The summed E-state index contributed by atoms with van der Waals surface area (Å²) in [6.07, 6.45) is 5.33. The van der Waals surface area contributed by atoms with E-state index in [1.165, 1.54) is 0 Å².